The summed E-state index contributed by atoms with van der Waals surface area (Å²) >= 11 is 0. The van der Waals surface area contributed by atoms with Gasteiger partial charge in [-0.2, -0.15) is 0 Å². The van der Waals surface area contributed by atoms with Gasteiger partial charge in [-0.25, -0.2) is 0 Å². The number of nitrogens with one attached hydrogen (secondary N) is 4. The predicted octanol–water partition coefficient (Wildman–Crippen LogP) is -0.0997. The third-order valence-corrected chi connectivity index (χ3v) is 6.18. The van der Waals surface area contributed by atoms with Gasteiger partial charge in [0.05, 0.1) is 38.1 Å². The van der Waals surface area contributed by atoms with Crippen molar-refractivity contribution < 1.29 is 52.5 Å². The molecular formula is C30H44N4O11. The van der Waals surface area contributed by atoms with Gasteiger partial charge in [0.1, 0.15) is 18.4 Å². The fourth-order valence-electron chi connectivity index (χ4n) is 3.90. The molecule has 4 N–H and O–H groups in total. The second-order valence-electron chi connectivity index (χ2n) is 10.2. The minimum absolute atomic E-state index is 0.00447. The van der Waals surface area contributed by atoms with Crippen LogP contribution in [-0.2, 0) is 38.1 Å². The van der Waals surface area contributed by atoms with Gasteiger partial charge in [-0.1, -0.05) is 12.1 Å². The van der Waals surface area contributed by atoms with Crippen molar-refractivity contribution in [2.75, 3.05) is 65.9 Å². The highest BCUT2D eigenvalue weighted by atomic mass is 16.5. The van der Waals surface area contributed by atoms with E-state index in [9.17, 15) is 28.8 Å². The number of carbonyl (C=O) groups excluding carboxylic acids is 6. The van der Waals surface area contributed by atoms with Gasteiger partial charge >= 0.3 is 0 Å². The third kappa shape index (κ3) is 15.6. The minimum atomic E-state index is -0.938. The van der Waals surface area contributed by atoms with E-state index in [1.54, 1.807) is 0 Å². The summed E-state index contributed by atoms with van der Waals surface area (Å²) in [4.78, 5) is 71.6. The fourth-order valence-corrected chi connectivity index (χ4v) is 3.90. The van der Waals surface area contributed by atoms with E-state index >= 15 is 0 Å². The van der Waals surface area contributed by atoms with Gasteiger partial charge in [0.15, 0.2) is 12.9 Å². The fraction of sp³-hybridized carbons (Fsp3) is 0.600. The number of ether oxygens (including phenoxy) is 5. The number of benzene rings is 1. The molecule has 0 aromatic heterocycles. The first-order valence-electron chi connectivity index (χ1n) is 14.9. The van der Waals surface area contributed by atoms with Crippen molar-refractivity contribution in [3.05, 3.63) is 29.3 Å². The molecule has 45 heavy (non-hydrogen) atoms. The van der Waals surface area contributed by atoms with Crippen LogP contribution in [-0.4, -0.2) is 114 Å². The number of hydrogen-bond donors (Lipinski definition) is 4. The summed E-state index contributed by atoms with van der Waals surface area (Å²) in [7, 11) is 0. The molecule has 15 heteroatoms. The van der Waals surface area contributed by atoms with Crippen LogP contribution in [0.3, 0.4) is 0 Å². The first-order valence-corrected chi connectivity index (χ1v) is 14.9. The standard InChI is InChI=1S/C30H44N4O11/c1-21(2)44-19-26(37)31-10-4-12-41-14-16-43-17-15-42-13-5-11-32-27(38)20-45-24-7-3-6-22(18-35)28(24)30(40)33-23-8-9-25(36)34-29(23)39/h3,6-7,18,21,23H,4-5,8-17,19-20H2,1-2H3,(H,31,37)(H,32,38)(H,33,40)(H,34,36,39). The van der Waals surface area contributed by atoms with Crippen molar-refractivity contribution >= 4 is 35.8 Å². The molecule has 1 aromatic rings. The third-order valence-electron chi connectivity index (χ3n) is 6.18. The summed E-state index contributed by atoms with van der Waals surface area (Å²) in [6, 6.07) is 3.42. The Hall–Kier alpha value is -3.92. The first kappa shape index (κ1) is 37.3. The molecule has 1 aromatic carbocycles. The summed E-state index contributed by atoms with van der Waals surface area (Å²) in [5.41, 5.74) is -0.0851. The summed E-state index contributed by atoms with van der Waals surface area (Å²) in [6.07, 6.45) is 1.94. The number of aldehydes is 1. The minimum Gasteiger partial charge on any atom is -0.483 e. The van der Waals surface area contributed by atoms with Gasteiger partial charge in [0, 0.05) is 38.3 Å². The molecule has 0 bridgehead atoms. The lowest BCUT2D eigenvalue weighted by Crippen LogP contribution is -2.52. The van der Waals surface area contributed by atoms with E-state index in [1.807, 2.05) is 13.8 Å². The molecule has 1 aliphatic heterocycles. The van der Waals surface area contributed by atoms with Crippen molar-refractivity contribution in [3.8, 4) is 5.75 Å². The lowest BCUT2D eigenvalue weighted by atomic mass is 10.0. The van der Waals surface area contributed by atoms with Crippen LogP contribution >= 0.6 is 0 Å². The average Bonchev–Trinajstić information content (AvgIpc) is 3.01. The summed E-state index contributed by atoms with van der Waals surface area (Å²) in [5, 5.41) is 10.1. The topological polar surface area (TPSA) is 197 Å². The molecule has 1 fully saturated rings. The molecule has 1 aliphatic rings. The van der Waals surface area contributed by atoms with Crippen molar-refractivity contribution in [3.63, 3.8) is 0 Å². The number of rotatable bonds is 23. The Kier molecular flexibility index (Phi) is 18.0. The van der Waals surface area contributed by atoms with Gasteiger partial charge in [0.2, 0.25) is 17.7 Å². The van der Waals surface area contributed by atoms with Crippen molar-refractivity contribution in [2.24, 2.45) is 0 Å². The molecule has 5 amide bonds. The Morgan fingerprint density at radius 3 is 2.09 bits per heavy atom. The Balaban J connectivity index is 1.52. The largest absolute Gasteiger partial charge is 0.483 e. The van der Waals surface area contributed by atoms with Gasteiger partial charge in [-0.05, 0) is 39.2 Å². The molecule has 1 saturated heterocycles. The number of imide groups is 1. The van der Waals surface area contributed by atoms with E-state index in [0.717, 1.165) is 0 Å². The van der Waals surface area contributed by atoms with Crippen LogP contribution in [0.25, 0.3) is 0 Å². The van der Waals surface area contributed by atoms with E-state index in [1.165, 1.54) is 18.2 Å². The number of hydrogen-bond acceptors (Lipinski definition) is 11. The molecule has 1 unspecified atom stereocenters. The molecule has 250 valence electrons. The molecule has 1 heterocycles. The normalized spacial score (nSPS) is 14.5. The SMILES string of the molecule is CC(C)OCC(=O)NCCCOCCOCCOCCCNC(=O)COc1cccc(C=O)c1C(=O)NC1CCC(=O)NC1=O. The van der Waals surface area contributed by atoms with Crippen molar-refractivity contribution in [1.82, 2.24) is 21.3 Å². The average molecular weight is 637 g/mol. The summed E-state index contributed by atoms with van der Waals surface area (Å²) in [5.74, 6) is -2.37. The maximum absolute atomic E-state index is 12.9. The molecule has 0 aliphatic carbocycles. The molecule has 0 saturated carbocycles. The van der Waals surface area contributed by atoms with Crippen LogP contribution in [0.15, 0.2) is 18.2 Å². The molecule has 2 rings (SSSR count). The van der Waals surface area contributed by atoms with E-state index in [2.05, 4.69) is 21.3 Å². The van der Waals surface area contributed by atoms with Gasteiger partial charge in [-0.15, -0.1) is 0 Å². The zero-order chi connectivity index (χ0) is 32.9. The lowest BCUT2D eigenvalue weighted by Gasteiger charge is -2.22. The second kappa shape index (κ2) is 21.7. The Bertz CT molecular complexity index is 1130. The van der Waals surface area contributed by atoms with Gasteiger partial charge in [0.25, 0.3) is 11.8 Å². The summed E-state index contributed by atoms with van der Waals surface area (Å²) < 4.78 is 27.1. The van der Waals surface area contributed by atoms with E-state index in [0.29, 0.717) is 71.9 Å². The highest BCUT2D eigenvalue weighted by molar-refractivity contribution is 6.07. The maximum Gasteiger partial charge on any atom is 0.257 e. The zero-order valence-electron chi connectivity index (χ0n) is 25.9. The predicted molar refractivity (Wildman–Crippen MR) is 160 cm³/mol. The van der Waals surface area contributed by atoms with Crippen molar-refractivity contribution in [1.29, 1.82) is 0 Å². The summed E-state index contributed by atoms with van der Waals surface area (Å²) in [6.45, 7) is 6.80. The maximum atomic E-state index is 12.9. The van der Waals surface area contributed by atoms with E-state index < -0.39 is 36.3 Å². The molecular weight excluding hydrogens is 592 g/mol. The van der Waals surface area contributed by atoms with Crippen LogP contribution in [0, 0.1) is 0 Å². The van der Waals surface area contributed by atoms with Crippen LogP contribution in [0.1, 0.15) is 60.2 Å². The Morgan fingerprint density at radius 1 is 0.911 bits per heavy atom. The molecule has 0 radical (unpaired) electrons. The number of amides is 5. The smallest absolute Gasteiger partial charge is 0.257 e. The molecule has 1 atom stereocenters. The Labute approximate surface area is 262 Å². The van der Waals surface area contributed by atoms with Crippen molar-refractivity contribution in [2.45, 2.75) is 51.7 Å². The highest BCUT2D eigenvalue weighted by Crippen LogP contribution is 2.22. The quantitative estimate of drug-likeness (QED) is 0.0711. The highest BCUT2D eigenvalue weighted by Gasteiger charge is 2.29. The van der Waals surface area contributed by atoms with Gasteiger partial charge in [-0.3, -0.25) is 34.1 Å². The number of carbonyl (C=O) groups is 6. The number of piperidine rings is 1. The van der Waals surface area contributed by atoms with Crippen LogP contribution in [0.4, 0.5) is 0 Å². The second-order valence-corrected chi connectivity index (χ2v) is 10.2. The van der Waals surface area contributed by atoms with E-state index in [4.69, 9.17) is 23.7 Å². The van der Waals surface area contributed by atoms with E-state index in [-0.39, 0.29) is 48.3 Å². The zero-order valence-corrected chi connectivity index (χ0v) is 25.9. The van der Waals surface area contributed by atoms with Gasteiger partial charge < -0.3 is 39.6 Å². The van der Waals surface area contributed by atoms with Crippen LogP contribution in [0.2, 0.25) is 0 Å². The monoisotopic (exact) mass is 636 g/mol. The Morgan fingerprint density at radius 2 is 1.51 bits per heavy atom. The first-order chi connectivity index (χ1) is 21.7. The molecule has 0 spiro atoms. The van der Waals surface area contributed by atoms with Crippen LogP contribution in [0.5, 0.6) is 5.75 Å². The van der Waals surface area contributed by atoms with Crippen LogP contribution < -0.4 is 26.0 Å². The lowest BCUT2D eigenvalue weighted by molar-refractivity contribution is -0.134. The molecule has 15 nitrogen and oxygen atoms in total.